The molecule has 4 nitrogen and oxygen atoms in total. The molecule has 0 aliphatic heterocycles. The number of hydrogen-bond donors (Lipinski definition) is 1. The zero-order chi connectivity index (χ0) is 14.6. The van der Waals surface area contributed by atoms with E-state index in [2.05, 4.69) is 11.3 Å². The second-order valence-electron chi connectivity index (χ2n) is 4.65. The lowest BCUT2D eigenvalue weighted by atomic mass is 10.0. The van der Waals surface area contributed by atoms with Crippen LogP contribution in [0.1, 0.15) is 30.9 Å². The Morgan fingerprint density at radius 1 is 1.42 bits per heavy atom. The van der Waals surface area contributed by atoms with E-state index < -0.39 is 10.0 Å². The lowest BCUT2D eigenvalue weighted by Crippen LogP contribution is -2.24. The second-order valence-corrected chi connectivity index (χ2v) is 6.39. The van der Waals surface area contributed by atoms with Crippen LogP contribution in [0.4, 0.5) is 0 Å². The maximum Gasteiger partial charge on any atom is 0.241 e. The molecule has 1 aromatic carbocycles. The highest BCUT2D eigenvalue weighted by atomic mass is 32.2. The van der Waals surface area contributed by atoms with Crippen LogP contribution >= 0.6 is 0 Å². The molecule has 0 aliphatic carbocycles. The summed E-state index contributed by atoms with van der Waals surface area (Å²) in [5.74, 6) is 0.902. The van der Waals surface area contributed by atoms with Gasteiger partial charge in [0.15, 0.2) is 0 Å². The standard InChI is InChI=1S/C14H21NO3S/c1-6-7-15-19(16,17)14-9-12(10(2)3)13(18-5)8-11(14)4/h6,8-10,15H,1,7H2,2-5H3. The van der Waals surface area contributed by atoms with Crippen LogP contribution in [0.5, 0.6) is 5.75 Å². The van der Waals surface area contributed by atoms with E-state index in [9.17, 15) is 8.42 Å². The van der Waals surface area contributed by atoms with Crippen molar-refractivity contribution < 1.29 is 13.2 Å². The van der Waals surface area contributed by atoms with Crippen molar-refractivity contribution in [3.8, 4) is 5.75 Å². The molecule has 0 saturated carbocycles. The van der Waals surface area contributed by atoms with Gasteiger partial charge in [0.1, 0.15) is 5.75 Å². The van der Waals surface area contributed by atoms with E-state index in [0.29, 0.717) is 10.5 Å². The maximum atomic E-state index is 12.2. The Bertz CT molecular complexity index is 562. The van der Waals surface area contributed by atoms with Crippen molar-refractivity contribution in [2.24, 2.45) is 0 Å². The Labute approximate surface area is 115 Å². The van der Waals surface area contributed by atoms with Gasteiger partial charge in [-0.2, -0.15) is 0 Å². The first-order chi connectivity index (χ1) is 8.83. The van der Waals surface area contributed by atoms with Crippen molar-refractivity contribution in [1.82, 2.24) is 4.72 Å². The number of ether oxygens (including phenoxy) is 1. The van der Waals surface area contributed by atoms with Crippen LogP contribution in [0, 0.1) is 6.92 Å². The predicted molar refractivity (Wildman–Crippen MR) is 77.2 cm³/mol. The molecular formula is C14H21NO3S. The minimum atomic E-state index is -3.51. The summed E-state index contributed by atoms with van der Waals surface area (Å²) < 4.78 is 32.2. The van der Waals surface area contributed by atoms with Crippen molar-refractivity contribution in [3.63, 3.8) is 0 Å². The van der Waals surface area contributed by atoms with Gasteiger partial charge in [0.2, 0.25) is 10.0 Å². The quantitative estimate of drug-likeness (QED) is 0.816. The highest BCUT2D eigenvalue weighted by Crippen LogP contribution is 2.31. The molecule has 0 saturated heterocycles. The Morgan fingerprint density at radius 3 is 2.53 bits per heavy atom. The van der Waals surface area contributed by atoms with Gasteiger partial charge in [0, 0.05) is 6.54 Å². The summed E-state index contributed by atoms with van der Waals surface area (Å²) >= 11 is 0. The van der Waals surface area contributed by atoms with Gasteiger partial charge in [-0.05, 0) is 36.1 Å². The summed E-state index contributed by atoms with van der Waals surface area (Å²) in [6.07, 6.45) is 1.51. The zero-order valence-corrected chi connectivity index (χ0v) is 12.7. The number of nitrogens with one attached hydrogen (secondary N) is 1. The Morgan fingerprint density at radius 2 is 2.05 bits per heavy atom. The normalized spacial score (nSPS) is 11.6. The molecule has 0 amide bonds. The molecule has 1 aromatic rings. The summed E-state index contributed by atoms with van der Waals surface area (Å²) in [4.78, 5) is 0.291. The third kappa shape index (κ3) is 3.58. The first kappa shape index (κ1) is 15.7. The van der Waals surface area contributed by atoms with E-state index in [1.54, 1.807) is 26.2 Å². The van der Waals surface area contributed by atoms with Crippen LogP contribution in [0.15, 0.2) is 29.7 Å². The lowest BCUT2D eigenvalue weighted by molar-refractivity contribution is 0.406. The van der Waals surface area contributed by atoms with Crippen molar-refractivity contribution in [1.29, 1.82) is 0 Å². The van der Waals surface area contributed by atoms with Crippen LogP contribution in [0.2, 0.25) is 0 Å². The summed E-state index contributed by atoms with van der Waals surface area (Å²) in [5, 5.41) is 0. The first-order valence-corrected chi connectivity index (χ1v) is 7.61. The Balaban J connectivity index is 3.36. The van der Waals surface area contributed by atoms with E-state index in [1.807, 2.05) is 13.8 Å². The number of rotatable bonds is 6. The van der Waals surface area contributed by atoms with E-state index in [-0.39, 0.29) is 12.5 Å². The fourth-order valence-corrected chi connectivity index (χ4v) is 3.10. The van der Waals surface area contributed by atoms with Gasteiger partial charge in [-0.3, -0.25) is 0 Å². The van der Waals surface area contributed by atoms with Crippen LogP contribution in [-0.4, -0.2) is 22.1 Å². The third-order valence-corrected chi connectivity index (χ3v) is 4.42. The first-order valence-electron chi connectivity index (χ1n) is 6.12. The van der Waals surface area contributed by atoms with Gasteiger partial charge in [0.25, 0.3) is 0 Å². The lowest BCUT2D eigenvalue weighted by Gasteiger charge is -2.16. The SMILES string of the molecule is C=CCNS(=O)(=O)c1cc(C(C)C)c(OC)cc1C. The molecule has 0 atom stereocenters. The molecule has 1 N–H and O–H groups in total. The Hall–Kier alpha value is -1.33. The van der Waals surface area contributed by atoms with Gasteiger partial charge in [-0.1, -0.05) is 19.9 Å². The molecule has 0 heterocycles. The predicted octanol–water partition coefficient (Wildman–Crippen LogP) is 2.59. The topological polar surface area (TPSA) is 55.4 Å². The van der Waals surface area contributed by atoms with Gasteiger partial charge in [-0.25, -0.2) is 13.1 Å². The molecule has 0 bridgehead atoms. The highest BCUT2D eigenvalue weighted by molar-refractivity contribution is 7.89. The molecule has 0 fully saturated rings. The highest BCUT2D eigenvalue weighted by Gasteiger charge is 2.20. The van der Waals surface area contributed by atoms with Crippen molar-refractivity contribution >= 4 is 10.0 Å². The molecular weight excluding hydrogens is 262 g/mol. The second kappa shape index (κ2) is 6.21. The largest absolute Gasteiger partial charge is 0.496 e. The molecule has 106 valence electrons. The fraction of sp³-hybridized carbons (Fsp3) is 0.429. The number of benzene rings is 1. The van der Waals surface area contributed by atoms with Crippen LogP contribution in [0.25, 0.3) is 0 Å². The minimum Gasteiger partial charge on any atom is -0.496 e. The number of aryl methyl sites for hydroxylation is 1. The number of methoxy groups -OCH3 is 1. The summed E-state index contributed by atoms with van der Waals surface area (Å²) in [7, 11) is -1.92. The van der Waals surface area contributed by atoms with Crippen LogP contribution in [0.3, 0.4) is 0 Å². The Kier molecular flexibility index (Phi) is 5.14. The number of sulfonamides is 1. The van der Waals surface area contributed by atoms with E-state index in [1.165, 1.54) is 6.08 Å². The van der Waals surface area contributed by atoms with E-state index >= 15 is 0 Å². The molecule has 0 aliphatic rings. The minimum absolute atomic E-state index is 0.184. The summed E-state index contributed by atoms with van der Waals surface area (Å²) in [5.41, 5.74) is 1.55. The monoisotopic (exact) mass is 283 g/mol. The van der Waals surface area contributed by atoms with E-state index in [0.717, 1.165) is 11.3 Å². The molecule has 0 spiro atoms. The molecule has 0 radical (unpaired) electrons. The van der Waals surface area contributed by atoms with E-state index in [4.69, 9.17) is 4.74 Å². The molecule has 0 unspecified atom stereocenters. The third-order valence-electron chi connectivity index (χ3n) is 2.86. The van der Waals surface area contributed by atoms with Crippen molar-refractivity contribution in [3.05, 3.63) is 35.9 Å². The average molecular weight is 283 g/mol. The molecule has 0 aromatic heterocycles. The zero-order valence-electron chi connectivity index (χ0n) is 11.9. The molecule has 19 heavy (non-hydrogen) atoms. The average Bonchev–Trinajstić information content (AvgIpc) is 2.35. The molecule has 1 rings (SSSR count). The van der Waals surface area contributed by atoms with Crippen LogP contribution in [-0.2, 0) is 10.0 Å². The number of hydrogen-bond acceptors (Lipinski definition) is 3. The fourth-order valence-electron chi connectivity index (χ4n) is 1.84. The summed E-state index contributed by atoms with van der Waals surface area (Å²) in [6.45, 7) is 9.48. The summed E-state index contributed by atoms with van der Waals surface area (Å²) in [6, 6.07) is 3.45. The van der Waals surface area contributed by atoms with Crippen LogP contribution < -0.4 is 9.46 Å². The van der Waals surface area contributed by atoms with Crippen molar-refractivity contribution in [2.45, 2.75) is 31.6 Å². The van der Waals surface area contributed by atoms with Crippen molar-refractivity contribution in [2.75, 3.05) is 13.7 Å². The van der Waals surface area contributed by atoms with Gasteiger partial charge in [-0.15, -0.1) is 6.58 Å². The van der Waals surface area contributed by atoms with Gasteiger partial charge < -0.3 is 4.74 Å². The van der Waals surface area contributed by atoms with Gasteiger partial charge >= 0.3 is 0 Å². The molecule has 5 heteroatoms. The maximum absolute atomic E-state index is 12.2. The van der Waals surface area contributed by atoms with Gasteiger partial charge in [0.05, 0.1) is 12.0 Å². The smallest absolute Gasteiger partial charge is 0.241 e.